The van der Waals surface area contributed by atoms with Crippen molar-refractivity contribution >= 4 is 0 Å². The summed E-state index contributed by atoms with van der Waals surface area (Å²) in [5.41, 5.74) is 2.61. The second-order valence-corrected chi connectivity index (χ2v) is 4.72. The molecule has 0 saturated heterocycles. The van der Waals surface area contributed by atoms with E-state index in [0.29, 0.717) is 0 Å². The van der Waals surface area contributed by atoms with Crippen LogP contribution >= 0.6 is 0 Å². The van der Waals surface area contributed by atoms with Gasteiger partial charge in [0, 0.05) is 0 Å². The Bertz CT molecular complexity index is 582. The van der Waals surface area contributed by atoms with Crippen LogP contribution in [0.2, 0.25) is 0 Å². The molecular weight excluding hydrogens is 244 g/mol. The highest BCUT2D eigenvalue weighted by Crippen LogP contribution is 2.21. The molecule has 3 aromatic carbocycles. The summed E-state index contributed by atoms with van der Waals surface area (Å²) in [5.74, 6) is 1.73. The van der Waals surface area contributed by atoms with Crippen LogP contribution in [0.15, 0.2) is 84.9 Å². The number of benzene rings is 3. The summed E-state index contributed by atoms with van der Waals surface area (Å²) in [7, 11) is 0. The van der Waals surface area contributed by atoms with E-state index < -0.39 is 0 Å². The number of rotatable bonds is 4. The van der Waals surface area contributed by atoms with Gasteiger partial charge in [-0.05, 0) is 41.8 Å². The molecule has 0 aliphatic rings. The lowest BCUT2D eigenvalue weighted by Gasteiger charge is -2.07. The van der Waals surface area contributed by atoms with Gasteiger partial charge in [0.05, 0.1) is 0 Å². The predicted molar refractivity (Wildman–Crippen MR) is 82.2 cm³/mol. The smallest absolute Gasteiger partial charge is 0.127 e. The molecule has 1 heteroatoms. The van der Waals surface area contributed by atoms with Crippen molar-refractivity contribution in [2.75, 3.05) is 0 Å². The third-order valence-electron chi connectivity index (χ3n) is 3.15. The van der Waals surface area contributed by atoms with E-state index in [-0.39, 0.29) is 0 Å². The van der Waals surface area contributed by atoms with Crippen molar-refractivity contribution in [3.05, 3.63) is 96.1 Å². The van der Waals surface area contributed by atoms with Crippen LogP contribution in [0.3, 0.4) is 0 Å². The summed E-state index contributed by atoms with van der Waals surface area (Å²) in [5, 5.41) is 0. The third-order valence-corrected chi connectivity index (χ3v) is 3.15. The molecule has 0 aliphatic carbocycles. The molecule has 0 heterocycles. The molecule has 0 N–H and O–H groups in total. The topological polar surface area (TPSA) is 9.23 Å². The SMILES string of the molecule is c1ccc(Cc2ccc(Oc3ccccc3)cc2)cc1. The Morgan fingerprint density at radius 1 is 0.500 bits per heavy atom. The minimum absolute atomic E-state index is 0.864. The normalized spacial score (nSPS) is 10.2. The second-order valence-electron chi connectivity index (χ2n) is 4.72. The Kier molecular flexibility index (Phi) is 3.79. The highest BCUT2D eigenvalue weighted by molar-refractivity contribution is 5.34. The van der Waals surface area contributed by atoms with E-state index >= 15 is 0 Å². The fourth-order valence-electron chi connectivity index (χ4n) is 2.13. The summed E-state index contributed by atoms with van der Waals surface area (Å²) < 4.78 is 5.78. The van der Waals surface area contributed by atoms with E-state index in [1.807, 2.05) is 48.5 Å². The van der Waals surface area contributed by atoms with Gasteiger partial charge in [-0.15, -0.1) is 0 Å². The standard InChI is InChI=1S/C19H16O/c1-3-7-16(8-4-1)15-17-11-13-19(14-12-17)20-18-9-5-2-6-10-18/h1-14H,15H2. The summed E-state index contributed by atoms with van der Waals surface area (Å²) >= 11 is 0. The van der Waals surface area contributed by atoms with Gasteiger partial charge in [-0.3, -0.25) is 0 Å². The van der Waals surface area contributed by atoms with E-state index in [1.165, 1.54) is 11.1 Å². The molecule has 0 bridgehead atoms. The van der Waals surface area contributed by atoms with Gasteiger partial charge in [-0.2, -0.15) is 0 Å². The Hall–Kier alpha value is -2.54. The quantitative estimate of drug-likeness (QED) is 0.636. The average molecular weight is 260 g/mol. The molecule has 0 unspecified atom stereocenters. The lowest BCUT2D eigenvalue weighted by Crippen LogP contribution is -1.88. The van der Waals surface area contributed by atoms with E-state index in [1.54, 1.807) is 0 Å². The van der Waals surface area contributed by atoms with Gasteiger partial charge in [-0.25, -0.2) is 0 Å². The Labute approximate surface area is 119 Å². The summed E-state index contributed by atoms with van der Waals surface area (Å²) in [6, 6.07) is 28.6. The highest BCUT2D eigenvalue weighted by atomic mass is 16.5. The lowest BCUT2D eigenvalue weighted by atomic mass is 10.1. The van der Waals surface area contributed by atoms with Crippen LogP contribution in [0.25, 0.3) is 0 Å². The van der Waals surface area contributed by atoms with Crippen LogP contribution in [-0.2, 0) is 6.42 Å². The molecule has 0 atom stereocenters. The van der Waals surface area contributed by atoms with Crippen LogP contribution in [0.4, 0.5) is 0 Å². The van der Waals surface area contributed by atoms with E-state index in [0.717, 1.165) is 17.9 Å². The third kappa shape index (κ3) is 3.27. The molecule has 0 radical (unpaired) electrons. The largest absolute Gasteiger partial charge is 0.457 e. The fourth-order valence-corrected chi connectivity index (χ4v) is 2.13. The first kappa shape index (κ1) is 12.5. The zero-order chi connectivity index (χ0) is 13.6. The van der Waals surface area contributed by atoms with Crippen molar-refractivity contribution in [3.63, 3.8) is 0 Å². The first-order valence-corrected chi connectivity index (χ1v) is 6.76. The number of hydrogen-bond donors (Lipinski definition) is 0. The molecule has 0 aromatic heterocycles. The molecule has 0 spiro atoms. The van der Waals surface area contributed by atoms with E-state index in [2.05, 4.69) is 36.4 Å². The zero-order valence-electron chi connectivity index (χ0n) is 11.2. The first-order chi connectivity index (χ1) is 9.90. The summed E-state index contributed by atoms with van der Waals surface area (Å²) in [4.78, 5) is 0. The minimum Gasteiger partial charge on any atom is -0.457 e. The Morgan fingerprint density at radius 3 is 1.65 bits per heavy atom. The first-order valence-electron chi connectivity index (χ1n) is 6.76. The van der Waals surface area contributed by atoms with Crippen LogP contribution in [-0.4, -0.2) is 0 Å². The highest BCUT2D eigenvalue weighted by Gasteiger charge is 1.98. The molecule has 0 amide bonds. The van der Waals surface area contributed by atoms with Crippen LogP contribution < -0.4 is 4.74 Å². The fraction of sp³-hybridized carbons (Fsp3) is 0.0526. The van der Waals surface area contributed by atoms with Crippen molar-refractivity contribution < 1.29 is 4.74 Å². The molecule has 3 aromatic rings. The summed E-state index contributed by atoms with van der Waals surface area (Å²) in [6.07, 6.45) is 0.951. The second kappa shape index (κ2) is 6.07. The van der Waals surface area contributed by atoms with Gasteiger partial charge in [0.2, 0.25) is 0 Å². The molecule has 0 saturated carbocycles. The van der Waals surface area contributed by atoms with Crippen molar-refractivity contribution in [2.45, 2.75) is 6.42 Å². The van der Waals surface area contributed by atoms with Gasteiger partial charge >= 0.3 is 0 Å². The molecule has 98 valence electrons. The molecular formula is C19H16O. The van der Waals surface area contributed by atoms with Crippen LogP contribution in [0.5, 0.6) is 11.5 Å². The summed E-state index contributed by atoms with van der Waals surface area (Å²) in [6.45, 7) is 0. The molecule has 1 nitrogen and oxygen atoms in total. The lowest BCUT2D eigenvalue weighted by molar-refractivity contribution is 0.482. The van der Waals surface area contributed by atoms with Crippen LogP contribution in [0.1, 0.15) is 11.1 Å². The van der Waals surface area contributed by atoms with Gasteiger partial charge in [0.25, 0.3) is 0 Å². The van der Waals surface area contributed by atoms with E-state index in [9.17, 15) is 0 Å². The maximum atomic E-state index is 5.78. The zero-order valence-corrected chi connectivity index (χ0v) is 11.2. The monoisotopic (exact) mass is 260 g/mol. The van der Waals surface area contributed by atoms with Gasteiger partial charge in [0.15, 0.2) is 0 Å². The number of ether oxygens (including phenoxy) is 1. The molecule has 20 heavy (non-hydrogen) atoms. The molecule has 0 fully saturated rings. The molecule has 0 aliphatic heterocycles. The Morgan fingerprint density at radius 2 is 1.00 bits per heavy atom. The van der Waals surface area contributed by atoms with Crippen molar-refractivity contribution in [2.24, 2.45) is 0 Å². The Balaban J connectivity index is 1.69. The number of hydrogen-bond acceptors (Lipinski definition) is 1. The van der Waals surface area contributed by atoms with Gasteiger partial charge in [-0.1, -0.05) is 60.7 Å². The maximum Gasteiger partial charge on any atom is 0.127 e. The van der Waals surface area contributed by atoms with Crippen molar-refractivity contribution in [1.29, 1.82) is 0 Å². The van der Waals surface area contributed by atoms with Crippen molar-refractivity contribution in [1.82, 2.24) is 0 Å². The van der Waals surface area contributed by atoms with Crippen molar-refractivity contribution in [3.8, 4) is 11.5 Å². The van der Waals surface area contributed by atoms with Gasteiger partial charge < -0.3 is 4.74 Å². The minimum atomic E-state index is 0.864. The van der Waals surface area contributed by atoms with Crippen LogP contribution in [0, 0.1) is 0 Å². The average Bonchev–Trinajstić information content (AvgIpc) is 2.51. The maximum absolute atomic E-state index is 5.78. The molecule has 3 rings (SSSR count). The van der Waals surface area contributed by atoms with Gasteiger partial charge in [0.1, 0.15) is 11.5 Å². The van der Waals surface area contributed by atoms with E-state index in [4.69, 9.17) is 4.74 Å². The predicted octanol–water partition coefficient (Wildman–Crippen LogP) is 5.07. The number of para-hydroxylation sites is 1.